The predicted molar refractivity (Wildman–Crippen MR) is 128 cm³/mol. The van der Waals surface area contributed by atoms with Gasteiger partial charge in [0.05, 0.1) is 16.7 Å². The molecule has 10 heteroatoms. The van der Waals surface area contributed by atoms with Gasteiger partial charge in [0.2, 0.25) is 0 Å². The maximum atomic E-state index is 14.1. The summed E-state index contributed by atoms with van der Waals surface area (Å²) in [4.78, 5) is 12.9. The minimum Gasteiger partial charge on any atom is -0.456 e. The Morgan fingerprint density at radius 2 is 1.49 bits per heavy atom. The summed E-state index contributed by atoms with van der Waals surface area (Å²) in [6.45, 7) is 9.59. The highest BCUT2D eigenvalue weighted by molar-refractivity contribution is 7.48. The van der Waals surface area contributed by atoms with E-state index < -0.39 is 43.4 Å². The van der Waals surface area contributed by atoms with Crippen molar-refractivity contribution >= 4 is 24.7 Å². The van der Waals surface area contributed by atoms with E-state index in [1.165, 1.54) is 10.6 Å². The molecule has 7 nitrogen and oxygen atoms in total. The number of nitrogens with zero attached hydrogens (tertiary/aromatic N) is 1. The van der Waals surface area contributed by atoms with Gasteiger partial charge in [-0.15, -0.1) is 0 Å². The van der Waals surface area contributed by atoms with Crippen LogP contribution in [-0.4, -0.2) is 21.7 Å². The molecule has 35 heavy (non-hydrogen) atoms. The van der Waals surface area contributed by atoms with Gasteiger partial charge in [0, 0.05) is 11.5 Å². The van der Waals surface area contributed by atoms with Crippen molar-refractivity contribution in [2.24, 2.45) is 0 Å². The topological polar surface area (TPSA) is 76.0 Å². The molecule has 0 bridgehead atoms. The summed E-state index contributed by atoms with van der Waals surface area (Å²) >= 11 is 0. The first-order valence-corrected chi connectivity index (χ1v) is 12.5. The highest BCUT2D eigenvalue weighted by Gasteiger charge is 2.37. The summed E-state index contributed by atoms with van der Waals surface area (Å²) < 4.78 is 64.9. The lowest BCUT2D eigenvalue weighted by atomic mass is 10.2. The summed E-state index contributed by atoms with van der Waals surface area (Å²) in [5, 5.41) is 0.238. The molecule has 0 fully saturated rings. The quantitative estimate of drug-likeness (QED) is 0.241. The predicted octanol–water partition coefficient (Wildman–Crippen LogP) is 6.99. The van der Waals surface area contributed by atoms with E-state index in [1.54, 1.807) is 53.7 Å². The summed E-state index contributed by atoms with van der Waals surface area (Å²) in [6.07, 6.45) is 0. The molecular formula is C25H30F2NO6P. The Labute approximate surface area is 203 Å². The maximum Gasteiger partial charge on any atom is 0.477 e. The number of rotatable bonds is 8. The third-order valence-corrected chi connectivity index (χ3v) is 6.46. The number of ether oxygens (including phenoxy) is 1. The Kier molecular flexibility index (Phi) is 7.86. The lowest BCUT2D eigenvalue weighted by molar-refractivity contribution is -0.00646. The number of phosphoric acid groups is 1. The average molecular weight is 509 g/mol. The molecule has 1 aromatic heterocycles. The third-order valence-electron chi connectivity index (χ3n) is 4.48. The van der Waals surface area contributed by atoms with Crippen molar-refractivity contribution in [1.29, 1.82) is 0 Å². The molecule has 0 saturated carbocycles. The smallest absolute Gasteiger partial charge is 0.456 e. The fourth-order valence-corrected chi connectivity index (χ4v) is 4.97. The summed E-state index contributed by atoms with van der Waals surface area (Å²) in [6, 6.07) is 12.3. The fraction of sp³-hybridized carbons (Fsp3) is 0.400. The standard InChI is InChI=1S/C25H30F2NO6P/c1-24(2,3)33-35(30,34-25(4,5)6)32-16-28-21-14-20(27)19(26)12-18(21)13-22(28)23(29)31-15-17-10-8-7-9-11-17/h7-14H,15-16H2,1-6H3. The number of hydrogen-bond acceptors (Lipinski definition) is 6. The number of carbonyl (C=O) groups is 1. The normalized spacial score (nSPS) is 12.8. The molecule has 0 spiro atoms. The molecule has 1 heterocycles. The molecular weight excluding hydrogens is 479 g/mol. The molecule has 0 aliphatic carbocycles. The van der Waals surface area contributed by atoms with E-state index in [-0.39, 0.29) is 23.2 Å². The Balaban J connectivity index is 1.96. The molecule has 0 unspecified atom stereocenters. The maximum absolute atomic E-state index is 14.1. The van der Waals surface area contributed by atoms with Gasteiger partial charge in [0.1, 0.15) is 19.0 Å². The molecule has 0 aliphatic heterocycles. The van der Waals surface area contributed by atoms with Gasteiger partial charge in [0.15, 0.2) is 11.6 Å². The van der Waals surface area contributed by atoms with Gasteiger partial charge in [-0.2, -0.15) is 0 Å². The van der Waals surface area contributed by atoms with Gasteiger partial charge in [0.25, 0.3) is 0 Å². The number of aromatic nitrogens is 1. The van der Waals surface area contributed by atoms with Gasteiger partial charge in [-0.05, 0) is 59.2 Å². The molecule has 3 rings (SSSR count). The molecule has 0 amide bonds. The van der Waals surface area contributed by atoms with Gasteiger partial charge in [-0.25, -0.2) is 18.1 Å². The molecule has 0 N–H and O–H groups in total. The summed E-state index contributed by atoms with van der Waals surface area (Å²) in [5.41, 5.74) is -0.899. The fourth-order valence-electron chi connectivity index (χ4n) is 3.23. The zero-order chi connectivity index (χ0) is 26.0. The van der Waals surface area contributed by atoms with Crippen LogP contribution in [0.4, 0.5) is 8.78 Å². The van der Waals surface area contributed by atoms with Crippen LogP contribution >= 0.6 is 7.82 Å². The number of carbonyl (C=O) groups excluding carboxylic acids is 1. The molecule has 0 radical (unpaired) electrons. The number of esters is 1. The number of halogens is 2. The van der Waals surface area contributed by atoms with Crippen LogP contribution in [0.2, 0.25) is 0 Å². The van der Waals surface area contributed by atoms with E-state index in [2.05, 4.69) is 0 Å². The Hall–Kier alpha value is -2.58. The molecule has 0 aliphatic rings. The van der Waals surface area contributed by atoms with Crippen LogP contribution in [0.15, 0.2) is 48.5 Å². The zero-order valence-corrected chi connectivity index (χ0v) is 21.5. The van der Waals surface area contributed by atoms with E-state index in [4.69, 9.17) is 18.3 Å². The van der Waals surface area contributed by atoms with Crippen LogP contribution < -0.4 is 0 Å². The van der Waals surface area contributed by atoms with Crippen molar-refractivity contribution in [1.82, 2.24) is 4.57 Å². The van der Waals surface area contributed by atoms with Crippen molar-refractivity contribution in [3.63, 3.8) is 0 Å². The first-order chi connectivity index (χ1) is 16.2. The summed E-state index contributed by atoms with van der Waals surface area (Å²) in [7, 11) is -4.16. The molecule has 0 saturated heterocycles. The number of hydrogen-bond donors (Lipinski definition) is 0. The van der Waals surface area contributed by atoms with Crippen LogP contribution in [0, 0.1) is 11.6 Å². The molecule has 190 valence electrons. The van der Waals surface area contributed by atoms with Gasteiger partial charge in [-0.3, -0.25) is 13.6 Å². The number of fused-ring (bicyclic) bond motifs is 1. The van der Waals surface area contributed by atoms with Crippen LogP contribution in [-0.2, 0) is 36.2 Å². The van der Waals surface area contributed by atoms with Crippen molar-refractivity contribution in [3.8, 4) is 0 Å². The monoisotopic (exact) mass is 509 g/mol. The second-order valence-corrected chi connectivity index (χ2v) is 11.5. The van der Waals surface area contributed by atoms with E-state index in [0.29, 0.717) is 0 Å². The highest BCUT2D eigenvalue weighted by atomic mass is 31.2. The average Bonchev–Trinajstić information content (AvgIpc) is 3.06. The molecule has 3 aromatic rings. The third kappa shape index (κ3) is 7.45. The van der Waals surface area contributed by atoms with Crippen LogP contribution in [0.1, 0.15) is 57.6 Å². The minimum absolute atomic E-state index is 0.0104. The lowest BCUT2D eigenvalue weighted by Crippen LogP contribution is -2.25. The van der Waals surface area contributed by atoms with Crippen molar-refractivity contribution in [3.05, 3.63) is 71.4 Å². The first kappa shape index (κ1) is 27.0. The Morgan fingerprint density at radius 3 is 2.06 bits per heavy atom. The lowest BCUT2D eigenvalue weighted by Gasteiger charge is -2.31. The SMILES string of the molecule is CC(C)(C)OP(=O)(OCn1c(C(=O)OCc2ccccc2)cc2cc(F)c(F)cc21)OC(C)(C)C. The van der Waals surface area contributed by atoms with Gasteiger partial charge in [-0.1, -0.05) is 30.3 Å². The van der Waals surface area contributed by atoms with Crippen LogP contribution in [0.3, 0.4) is 0 Å². The van der Waals surface area contributed by atoms with E-state index in [0.717, 1.165) is 17.7 Å². The van der Waals surface area contributed by atoms with Gasteiger partial charge >= 0.3 is 13.8 Å². The van der Waals surface area contributed by atoms with Gasteiger partial charge < -0.3 is 9.30 Å². The first-order valence-electron chi connectivity index (χ1n) is 11.0. The Bertz CT molecular complexity index is 1220. The second-order valence-electron chi connectivity index (χ2n) is 9.96. The van der Waals surface area contributed by atoms with E-state index >= 15 is 0 Å². The van der Waals surface area contributed by atoms with E-state index in [1.807, 2.05) is 18.2 Å². The molecule has 2 aromatic carbocycles. The van der Waals surface area contributed by atoms with Crippen LogP contribution in [0.5, 0.6) is 0 Å². The highest BCUT2D eigenvalue weighted by Crippen LogP contribution is 2.55. The number of benzene rings is 2. The van der Waals surface area contributed by atoms with Crippen molar-refractivity contribution in [2.45, 2.75) is 66.1 Å². The Morgan fingerprint density at radius 1 is 0.914 bits per heavy atom. The number of phosphoric ester groups is 1. The van der Waals surface area contributed by atoms with Crippen molar-refractivity contribution < 1.29 is 36.4 Å². The van der Waals surface area contributed by atoms with Crippen molar-refractivity contribution in [2.75, 3.05) is 0 Å². The largest absolute Gasteiger partial charge is 0.477 e. The molecule has 0 atom stereocenters. The van der Waals surface area contributed by atoms with Crippen LogP contribution in [0.25, 0.3) is 10.9 Å². The summed E-state index contributed by atoms with van der Waals surface area (Å²) in [5.74, 6) is -2.93. The zero-order valence-electron chi connectivity index (χ0n) is 20.6. The second kappa shape index (κ2) is 10.2. The minimum atomic E-state index is -4.16. The van der Waals surface area contributed by atoms with E-state index in [9.17, 15) is 18.1 Å².